The number of hydrogen-bond acceptors (Lipinski definition) is 7. The number of carboxylic acids is 1. The number of fused-ring (bicyclic) bond motifs is 1. The number of aliphatic carboxylic acids is 1. The van der Waals surface area contributed by atoms with Gasteiger partial charge in [0.15, 0.2) is 5.96 Å². The molecule has 2 aliphatic rings. The van der Waals surface area contributed by atoms with Gasteiger partial charge in [-0.2, -0.15) is 0 Å². The monoisotopic (exact) mass is 870 g/mol. The number of carbonyl (C=O) groups excluding carboxylic acids is 5. The van der Waals surface area contributed by atoms with Crippen molar-refractivity contribution in [2.75, 3.05) is 13.1 Å². The van der Waals surface area contributed by atoms with E-state index < -0.39 is 54.3 Å². The highest BCUT2D eigenvalue weighted by molar-refractivity contribution is 5.97. The van der Waals surface area contributed by atoms with Gasteiger partial charge in [-0.25, -0.2) is 0 Å². The average Bonchev–Trinajstić information content (AvgIpc) is 3.66. The topological polar surface area (TPSA) is 236 Å². The Morgan fingerprint density at radius 2 is 1.31 bits per heavy atom. The first kappa shape index (κ1) is 46.5. The molecule has 2 aliphatic heterocycles. The molecule has 0 unspecified atom stereocenters. The fourth-order valence-corrected chi connectivity index (χ4v) is 8.96. The van der Waals surface area contributed by atoms with E-state index in [0.717, 1.165) is 22.3 Å². The second-order valence-corrected chi connectivity index (χ2v) is 16.5. The van der Waals surface area contributed by atoms with Crippen LogP contribution in [-0.4, -0.2) is 94.8 Å². The van der Waals surface area contributed by atoms with Crippen molar-refractivity contribution >= 4 is 41.5 Å². The highest BCUT2D eigenvalue weighted by Crippen LogP contribution is 2.39. The van der Waals surface area contributed by atoms with Crippen molar-refractivity contribution in [3.8, 4) is 0 Å². The zero-order valence-electron chi connectivity index (χ0n) is 35.8. The molecule has 2 heterocycles. The first-order valence-corrected chi connectivity index (χ1v) is 21.9. The highest BCUT2D eigenvalue weighted by atomic mass is 16.4. The van der Waals surface area contributed by atoms with E-state index in [0.29, 0.717) is 32.1 Å². The van der Waals surface area contributed by atoms with Crippen molar-refractivity contribution in [1.29, 1.82) is 5.41 Å². The molecule has 0 saturated carbocycles. The Bertz CT molecular complexity index is 2170. The fourth-order valence-electron chi connectivity index (χ4n) is 8.96. The minimum absolute atomic E-state index is 0.0325. The third-order valence-electron chi connectivity index (χ3n) is 12.0. The van der Waals surface area contributed by atoms with Crippen LogP contribution in [0.2, 0.25) is 0 Å². The normalized spacial score (nSPS) is 18.8. The number of piperidine rings is 1. The summed E-state index contributed by atoms with van der Waals surface area (Å²) in [4.78, 5) is 83.4. The number of benzene rings is 4. The van der Waals surface area contributed by atoms with Crippen LogP contribution in [0.3, 0.4) is 0 Å². The summed E-state index contributed by atoms with van der Waals surface area (Å²) in [6.07, 6.45) is 2.03. The maximum atomic E-state index is 14.5. The molecule has 336 valence electrons. The lowest BCUT2D eigenvalue weighted by Gasteiger charge is -2.39. The molecule has 9 N–H and O–H groups in total. The molecule has 4 aromatic rings. The summed E-state index contributed by atoms with van der Waals surface area (Å²) in [6.45, 7) is 0.373. The van der Waals surface area contributed by atoms with Gasteiger partial charge in [-0.05, 0) is 73.1 Å². The van der Waals surface area contributed by atoms with Gasteiger partial charge >= 0.3 is 5.97 Å². The summed E-state index contributed by atoms with van der Waals surface area (Å²) < 4.78 is 0. The van der Waals surface area contributed by atoms with E-state index in [1.807, 2.05) is 121 Å². The second kappa shape index (κ2) is 22.9. The van der Waals surface area contributed by atoms with Gasteiger partial charge in [0.25, 0.3) is 0 Å². The van der Waals surface area contributed by atoms with Crippen LogP contribution in [0.4, 0.5) is 0 Å². The first-order valence-electron chi connectivity index (χ1n) is 21.9. The fraction of sp³-hybridized carbons (Fsp3) is 0.367. The third kappa shape index (κ3) is 13.0. The first-order chi connectivity index (χ1) is 31.0. The van der Waals surface area contributed by atoms with Crippen LogP contribution in [0, 0.1) is 11.3 Å². The van der Waals surface area contributed by atoms with Gasteiger partial charge in [-0.1, -0.05) is 121 Å². The number of nitrogens with one attached hydrogen (secondary N) is 6. The van der Waals surface area contributed by atoms with Crippen LogP contribution in [0.5, 0.6) is 0 Å². The largest absolute Gasteiger partial charge is 0.481 e. The van der Waals surface area contributed by atoms with Crippen LogP contribution in [0.15, 0.2) is 121 Å². The smallest absolute Gasteiger partial charge is 0.305 e. The number of rotatable bonds is 21. The van der Waals surface area contributed by atoms with E-state index in [-0.39, 0.29) is 68.0 Å². The SMILES string of the molecule is N=C(N)NCCC[C@H](NC(=O)[C@@H]1C[C@@H](Cc2ccccc2)[C@@H]2CC[C@H](NC(=O)Cc3ccccc3)C(=O)N12)C(=O)N[C@@H](CC(=O)O)C(=O)NCCC(c1ccccc1)c1ccccc1. The summed E-state index contributed by atoms with van der Waals surface area (Å²) in [7, 11) is 0. The van der Waals surface area contributed by atoms with Crippen molar-refractivity contribution in [2.45, 2.75) is 93.9 Å². The van der Waals surface area contributed by atoms with Gasteiger partial charge in [0.2, 0.25) is 29.5 Å². The summed E-state index contributed by atoms with van der Waals surface area (Å²) in [5.41, 5.74) is 9.43. The predicted molar refractivity (Wildman–Crippen MR) is 242 cm³/mol. The predicted octanol–water partition coefficient (Wildman–Crippen LogP) is 3.38. The lowest BCUT2D eigenvalue weighted by molar-refractivity contribution is -0.147. The van der Waals surface area contributed by atoms with Gasteiger partial charge in [0.05, 0.1) is 12.8 Å². The van der Waals surface area contributed by atoms with Crippen LogP contribution >= 0.6 is 0 Å². The minimum atomic E-state index is -1.47. The zero-order valence-corrected chi connectivity index (χ0v) is 35.8. The van der Waals surface area contributed by atoms with Crippen LogP contribution in [-0.2, 0) is 41.6 Å². The number of nitrogens with zero attached hydrogens (tertiary/aromatic N) is 1. The van der Waals surface area contributed by atoms with Crippen LogP contribution < -0.4 is 32.3 Å². The van der Waals surface area contributed by atoms with Gasteiger partial charge in [0, 0.05) is 25.0 Å². The maximum absolute atomic E-state index is 14.5. The molecule has 6 rings (SSSR count). The van der Waals surface area contributed by atoms with E-state index >= 15 is 0 Å². The third-order valence-corrected chi connectivity index (χ3v) is 12.0. The average molecular weight is 871 g/mol. The van der Waals surface area contributed by atoms with E-state index in [2.05, 4.69) is 26.6 Å². The van der Waals surface area contributed by atoms with Crippen molar-refractivity contribution in [2.24, 2.45) is 11.7 Å². The van der Waals surface area contributed by atoms with E-state index in [1.165, 1.54) is 0 Å². The van der Waals surface area contributed by atoms with Gasteiger partial charge in [-0.3, -0.25) is 34.2 Å². The maximum Gasteiger partial charge on any atom is 0.305 e. The van der Waals surface area contributed by atoms with Gasteiger partial charge < -0.3 is 42.3 Å². The van der Waals surface area contributed by atoms with E-state index in [9.17, 15) is 33.9 Å². The van der Waals surface area contributed by atoms with Crippen molar-refractivity contribution < 1.29 is 33.9 Å². The van der Waals surface area contributed by atoms with Crippen molar-refractivity contribution in [3.05, 3.63) is 144 Å². The van der Waals surface area contributed by atoms with E-state index in [4.69, 9.17) is 11.1 Å². The summed E-state index contributed by atoms with van der Waals surface area (Å²) in [5.74, 6) is -4.50. The molecule has 2 saturated heterocycles. The summed E-state index contributed by atoms with van der Waals surface area (Å²) in [6, 6.07) is 33.8. The minimum Gasteiger partial charge on any atom is -0.481 e. The molecule has 15 nitrogen and oxygen atoms in total. The Hall–Kier alpha value is -7.03. The van der Waals surface area contributed by atoms with E-state index in [1.54, 1.807) is 4.90 Å². The molecular formula is C49H58N8O7. The molecule has 0 radical (unpaired) electrons. The Morgan fingerprint density at radius 3 is 1.91 bits per heavy atom. The van der Waals surface area contributed by atoms with Crippen molar-refractivity contribution in [1.82, 2.24) is 31.5 Å². The molecular weight excluding hydrogens is 813 g/mol. The quantitative estimate of drug-likeness (QED) is 0.0348. The second-order valence-electron chi connectivity index (χ2n) is 16.5. The Kier molecular flexibility index (Phi) is 16.6. The molecule has 6 atom stereocenters. The number of amides is 5. The molecule has 64 heavy (non-hydrogen) atoms. The summed E-state index contributed by atoms with van der Waals surface area (Å²) in [5, 5.41) is 31.2. The lowest BCUT2D eigenvalue weighted by Crippen LogP contribution is -2.61. The molecule has 0 aliphatic carbocycles. The molecule has 2 fully saturated rings. The Labute approximate surface area is 373 Å². The number of carbonyl (C=O) groups is 6. The van der Waals surface area contributed by atoms with Crippen LogP contribution in [0.25, 0.3) is 0 Å². The molecule has 0 bridgehead atoms. The molecule has 5 amide bonds. The Morgan fingerprint density at radius 1 is 0.719 bits per heavy atom. The van der Waals surface area contributed by atoms with Gasteiger partial charge in [0.1, 0.15) is 24.2 Å². The molecule has 15 heteroatoms. The number of hydrogen-bond donors (Lipinski definition) is 8. The highest BCUT2D eigenvalue weighted by Gasteiger charge is 2.51. The Balaban J connectivity index is 1.17. The summed E-state index contributed by atoms with van der Waals surface area (Å²) >= 11 is 0. The zero-order chi connectivity index (χ0) is 45.4. The molecule has 0 aromatic heterocycles. The number of nitrogens with two attached hydrogens (primary N) is 1. The number of carboxylic acid groups (broad SMARTS) is 1. The molecule has 4 aromatic carbocycles. The lowest BCUT2D eigenvalue weighted by atomic mass is 9.86. The molecule has 0 spiro atoms. The van der Waals surface area contributed by atoms with Gasteiger partial charge in [-0.15, -0.1) is 0 Å². The standard InChI is InChI=1S/C49H58N8O7/c50-49(51)53-26-13-22-38(46(62)56-40(31-44(59)60)45(61)52-27-25-37(34-18-9-3-10-19-34)35-20-11-4-12-21-35)55-47(63)42-30-36(28-32-14-5-1-6-15-32)41-24-23-39(48(64)57(41)42)54-43(58)29-33-16-7-2-8-17-33/h1-12,14-21,36-42H,13,22-31H2,(H,52,61)(H,54,58)(H,55,63)(H,56,62)(H,59,60)(H4,50,51,53)/t36-,38+,39+,40+,41+,42+/m1/s1. The number of guanidine groups is 1. The van der Waals surface area contributed by atoms with Crippen LogP contribution in [0.1, 0.15) is 73.1 Å². The van der Waals surface area contributed by atoms with Crippen molar-refractivity contribution in [3.63, 3.8) is 0 Å².